The Morgan fingerprint density at radius 1 is 1.33 bits per heavy atom. The minimum absolute atomic E-state index is 0.201. The molecule has 2 aliphatic rings. The van der Waals surface area contributed by atoms with Gasteiger partial charge in [0, 0.05) is 31.9 Å². The van der Waals surface area contributed by atoms with Gasteiger partial charge in [-0.3, -0.25) is 0 Å². The second-order valence-corrected chi connectivity index (χ2v) is 8.49. The molecule has 0 aromatic carbocycles. The minimum atomic E-state index is -2.90. The second-order valence-electron chi connectivity index (χ2n) is 5.78. The van der Waals surface area contributed by atoms with Gasteiger partial charge in [-0.2, -0.15) is 0 Å². The number of halogens is 1. The summed E-state index contributed by atoms with van der Waals surface area (Å²) in [6.07, 6.45) is 4.79. The molecule has 3 rings (SSSR count). The number of sulfone groups is 1. The van der Waals surface area contributed by atoms with E-state index in [1.165, 1.54) is 12.8 Å². The molecule has 0 unspecified atom stereocenters. The number of hydrogen-bond acceptors (Lipinski definition) is 5. The lowest BCUT2D eigenvalue weighted by Crippen LogP contribution is -2.28. The van der Waals surface area contributed by atoms with E-state index in [4.69, 9.17) is 11.6 Å². The third kappa shape index (κ3) is 4.08. The SMILES string of the molecule is O=S1(=O)CCCN(c2cc(CNC3CC3)c(Cl)cn2)CC1. The summed E-state index contributed by atoms with van der Waals surface area (Å²) in [5, 5.41) is 4.10. The molecule has 7 heteroatoms. The largest absolute Gasteiger partial charge is 0.356 e. The third-order valence-electron chi connectivity index (χ3n) is 3.96. The molecule has 0 radical (unpaired) electrons. The van der Waals surface area contributed by atoms with Crippen LogP contribution in [0.3, 0.4) is 0 Å². The number of rotatable bonds is 4. The van der Waals surface area contributed by atoms with E-state index < -0.39 is 9.84 Å². The van der Waals surface area contributed by atoms with Crippen LogP contribution in [0.15, 0.2) is 12.3 Å². The van der Waals surface area contributed by atoms with Crippen LogP contribution in [0.4, 0.5) is 5.82 Å². The number of nitrogens with zero attached hydrogens (tertiary/aromatic N) is 2. The molecule has 5 nitrogen and oxygen atoms in total. The fourth-order valence-electron chi connectivity index (χ4n) is 2.49. The minimum Gasteiger partial charge on any atom is -0.356 e. The highest BCUT2D eigenvalue weighted by molar-refractivity contribution is 7.91. The maximum absolute atomic E-state index is 11.7. The number of pyridine rings is 1. The number of nitrogens with one attached hydrogen (secondary N) is 1. The molecule has 2 fully saturated rings. The molecule has 1 N–H and O–H groups in total. The standard InChI is InChI=1S/C14H20ClN3O2S/c15-13-10-17-14(8-11(13)9-16-12-2-3-12)18-4-1-6-21(19,20)7-5-18/h8,10,12,16H,1-7,9H2. The van der Waals surface area contributed by atoms with Gasteiger partial charge in [-0.25, -0.2) is 13.4 Å². The predicted molar refractivity (Wildman–Crippen MR) is 84.6 cm³/mol. The van der Waals surface area contributed by atoms with E-state index in [-0.39, 0.29) is 11.5 Å². The van der Waals surface area contributed by atoms with E-state index in [2.05, 4.69) is 10.3 Å². The lowest BCUT2D eigenvalue weighted by molar-refractivity contribution is 0.597. The summed E-state index contributed by atoms with van der Waals surface area (Å²) in [6.45, 7) is 1.97. The summed E-state index contributed by atoms with van der Waals surface area (Å²) in [5.74, 6) is 1.30. The summed E-state index contributed by atoms with van der Waals surface area (Å²) in [7, 11) is -2.90. The lowest BCUT2D eigenvalue weighted by Gasteiger charge is -2.21. The van der Waals surface area contributed by atoms with Crippen molar-refractivity contribution >= 4 is 27.3 Å². The van der Waals surface area contributed by atoms with E-state index in [0.717, 1.165) is 24.5 Å². The molecule has 2 heterocycles. The smallest absolute Gasteiger partial charge is 0.152 e. The Balaban J connectivity index is 1.73. The van der Waals surface area contributed by atoms with Crippen LogP contribution in [-0.2, 0) is 16.4 Å². The highest BCUT2D eigenvalue weighted by atomic mass is 35.5. The maximum Gasteiger partial charge on any atom is 0.152 e. The predicted octanol–water partition coefficient (Wildman–Crippen LogP) is 1.61. The van der Waals surface area contributed by atoms with Gasteiger partial charge in [0.05, 0.1) is 16.5 Å². The van der Waals surface area contributed by atoms with Crippen LogP contribution >= 0.6 is 11.6 Å². The lowest BCUT2D eigenvalue weighted by atomic mass is 10.2. The molecule has 0 bridgehead atoms. The zero-order valence-corrected chi connectivity index (χ0v) is 13.5. The van der Waals surface area contributed by atoms with Gasteiger partial charge in [-0.15, -0.1) is 0 Å². The van der Waals surface area contributed by atoms with Gasteiger partial charge in [0.15, 0.2) is 9.84 Å². The van der Waals surface area contributed by atoms with Crippen molar-refractivity contribution in [2.45, 2.75) is 31.8 Å². The Labute approximate surface area is 130 Å². The molecule has 1 aromatic heterocycles. The van der Waals surface area contributed by atoms with E-state index in [9.17, 15) is 8.42 Å². The van der Waals surface area contributed by atoms with Gasteiger partial charge in [0.2, 0.25) is 0 Å². The summed E-state index contributed by atoms with van der Waals surface area (Å²) in [5.41, 5.74) is 1.03. The Hall–Kier alpha value is -0.850. The number of anilines is 1. The Morgan fingerprint density at radius 2 is 2.14 bits per heavy atom. The van der Waals surface area contributed by atoms with Crippen molar-refractivity contribution in [2.75, 3.05) is 29.5 Å². The normalized spacial score (nSPS) is 22.0. The van der Waals surface area contributed by atoms with Gasteiger partial charge < -0.3 is 10.2 Å². The fourth-order valence-corrected chi connectivity index (χ4v) is 3.93. The van der Waals surface area contributed by atoms with E-state index >= 15 is 0 Å². The van der Waals surface area contributed by atoms with E-state index in [1.54, 1.807) is 6.20 Å². The van der Waals surface area contributed by atoms with Crippen LogP contribution in [-0.4, -0.2) is 44.0 Å². The summed E-state index contributed by atoms with van der Waals surface area (Å²) < 4.78 is 23.3. The van der Waals surface area contributed by atoms with Gasteiger partial charge in [-0.05, 0) is 30.9 Å². The monoisotopic (exact) mass is 329 g/mol. The zero-order valence-electron chi connectivity index (χ0n) is 11.9. The first-order chi connectivity index (χ1) is 10.0. The summed E-state index contributed by atoms with van der Waals surface area (Å²) >= 11 is 6.20. The van der Waals surface area contributed by atoms with Crippen molar-refractivity contribution in [3.63, 3.8) is 0 Å². The van der Waals surface area contributed by atoms with E-state index in [0.29, 0.717) is 24.0 Å². The number of hydrogen-bond donors (Lipinski definition) is 1. The fraction of sp³-hybridized carbons (Fsp3) is 0.643. The second kappa shape index (κ2) is 6.10. The Kier molecular flexibility index (Phi) is 4.38. The van der Waals surface area contributed by atoms with E-state index in [1.807, 2.05) is 11.0 Å². The average Bonchev–Trinajstić information content (AvgIpc) is 3.26. The first kappa shape index (κ1) is 15.1. The van der Waals surface area contributed by atoms with Crippen LogP contribution in [0, 0.1) is 0 Å². The van der Waals surface area contributed by atoms with Gasteiger partial charge in [-0.1, -0.05) is 11.6 Å². The van der Waals surface area contributed by atoms with Gasteiger partial charge >= 0.3 is 0 Å². The molecule has 21 heavy (non-hydrogen) atoms. The Bertz CT molecular complexity index is 617. The molecule has 116 valence electrons. The molecular weight excluding hydrogens is 310 g/mol. The molecule has 1 saturated carbocycles. The third-order valence-corrected chi connectivity index (χ3v) is 6.01. The Morgan fingerprint density at radius 3 is 2.90 bits per heavy atom. The first-order valence-electron chi connectivity index (χ1n) is 7.37. The van der Waals surface area contributed by atoms with Crippen LogP contribution in [0.1, 0.15) is 24.8 Å². The van der Waals surface area contributed by atoms with Crippen LogP contribution in [0.25, 0.3) is 0 Å². The van der Waals surface area contributed by atoms with Crippen LogP contribution < -0.4 is 10.2 Å². The van der Waals surface area contributed by atoms with Crippen molar-refractivity contribution in [3.05, 3.63) is 22.8 Å². The zero-order chi connectivity index (χ0) is 14.9. The molecule has 0 atom stereocenters. The molecule has 1 saturated heterocycles. The topological polar surface area (TPSA) is 62.3 Å². The van der Waals surface area contributed by atoms with Crippen molar-refractivity contribution in [2.24, 2.45) is 0 Å². The quantitative estimate of drug-likeness (QED) is 0.909. The molecule has 0 amide bonds. The summed E-state index contributed by atoms with van der Waals surface area (Å²) in [6, 6.07) is 2.61. The van der Waals surface area contributed by atoms with Gasteiger partial charge in [0.25, 0.3) is 0 Å². The summed E-state index contributed by atoms with van der Waals surface area (Å²) in [4.78, 5) is 6.41. The highest BCUT2D eigenvalue weighted by Gasteiger charge is 2.22. The van der Waals surface area contributed by atoms with Crippen molar-refractivity contribution in [3.8, 4) is 0 Å². The molecule has 1 aliphatic carbocycles. The molecule has 0 spiro atoms. The first-order valence-corrected chi connectivity index (χ1v) is 9.57. The molecular formula is C14H20ClN3O2S. The molecule has 1 aliphatic heterocycles. The number of aromatic nitrogens is 1. The average molecular weight is 330 g/mol. The van der Waals surface area contributed by atoms with Crippen LogP contribution in [0.5, 0.6) is 0 Å². The van der Waals surface area contributed by atoms with Gasteiger partial charge in [0.1, 0.15) is 5.82 Å². The highest BCUT2D eigenvalue weighted by Crippen LogP contribution is 2.24. The van der Waals surface area contributed by atoms with Crippen LogP contribution in [0.2, 0.25) is 5.02 Å². The maximum atomic E-state index is 11.7. The van der Waals surface area contributed by atoms with Crippen molar-refractivity contribution in [1.29, 1.82) is 0 Å². The van der Waals surface area contributed by atoms with Crippen molar-refractivity contribution in [1.82, 2.24) is 10.3 Å². The van der Waals surface area contributed by atoms with Crippen molar-refractivity contribution < 1.29 is 8.42 Å². The molecule has 1 aromatic rings.